The molecule has 4 heteroatoms. The predicted octanol–water partition coefficient (Wildman–Crippen LogP) is 1.95. The molecule has 0 aliphatic carbocycles. The summed E-state index contributed by atoms with van der Waals surface area (Å²) in [5.74, 6) is 0.859. The van der Waals surface area contributed by atoms with Crippen LogP contribution in [0.3, 0.4) is 0 Å². The summed E-state index contributed by atoms with van der Waals surface area (Å²) in [7, 11) is 3.25. The Balaban J connectivity index is 2.15. The van der Waals surface area contributed by atoms with Crippen LogP contribution in [0.15, 0.2) is 36.4 Å². The zero-order chi connectivity index (χ0) is 14.4. The summed E-state index contributed by atoms with van der Waals surface area (Å²) in [5.41, 5.74) is 1.11. The molecule has 2 aromatic rings. The summed E-state index contributed by atoms with van der Waals surface area (Å²) < 4.78 is 10.3. The summed E-state index contributed by atoms with van der Waals surface area (Å²) in [4.78, 5) is 0. The summed E-state index contributed by atoms with van der Waals surface area (Å²) in [6.07, 6.45) is -0.499. The minimum absolute atomic E-state index is 0.333. The van der Waals surface area contributed by atoms with Gasteiger partial charge in [0.1, 0.15) is 5.75 Å². The lowest BCUT2D eigenvalue weighted by Crippen LogP contribution is -2.29. The number of ether oxygens (including phenoxy) is 2. The molecule has 1 atom stereocenters. The predicted molar refractivity (Wildman–Crippen MR) is 80.1 cm³/mol. The molecule has 1 unspecified atom stereocenters. The fourth-order valence-electron chi connectivity index (χ4n) is 2.30. The number of aliphatic hydroxyl groups is 1. The van der Waals surface area contributed by atoms with E-state index in [0.717, 1.165) is 11.3 Å². The van der Waals surface area contributed by atoms with Gasteiger partial charge in [-0.15, -0.1) is 0 Å². The van der Waals surface area contributed by atoms with Gasteiger partial charge in [0, 0.05) is 25.8 Å². The third-order valence-electron chi connectivity index (χ3n) is 3.26. The van der Waals surface area contributed by atoms with Crippen LogP contribution in [0.5, 0.6) is 5.75 Å². The van der Waals surface area contributed by atoms with Crippen LogP contribution in [0, 0.1) is 0 Å². The SMILES string of the molecule is COCC(O)CNCc1c(OC)ccc2ccccc12. The molecule has 0 aliphatic heterocycles. The molecule has 0 radical (unpaired) electrons. The number of nitrogens with one attached hydrogen (secondary N) is 1. The maximum absolute atomic E-state index is 9.65. The summed E-state index contributed by atoms with van der Waals surface area (Å²) >= 11 is 0. The standard InChI is InChI=1S/C16H21NO3/c1-19-11-13(18)9-17-10-15-14-6-4-3-5-12(14)7-8-16(15)20-2/h3-8,13,17-18H,9-11H2,1-2H3. The minimum atomic E-state index is -0.499. The normalized spacial score (nSPS) is 12.6. The van der Waals surface area contributed by atoms with Gasteiger partial charge >= 0.3 is 0 Å². The molecule has 4 nitrogen and oxygen atoms in total. The van der Waals surface area contributed by atoms with Crippen molar-refractivity contribution in [3.8, 4) is 5.75 Å². The second kappa shape index (κ2) is 7.24. The Bertz CT molecular complexity index is 556. The highest BCUT2D eigenvalue weighted by Crippen LogP contribution is 2.27. The molecule has 2 N–H and O–H groups in total. The van der Waals surface area contributed by atoms with Crippen LogP contribution in [-0.2, 0) is 11.3 Å². The fourth-order valence-corrected chi connectivity index (χ4v) is 2.30. The average molecular weight is 275 g/mol. The molecule has 2 aromatic carbocycles. The number of methoxy groups -OCH3 is 2. The smallest absolute Gasteiger partial charge is 0.123 e. The zero-order valence-corrected chi connectivity index (χ0v) is 11.9. The first-order chi connectivity index (χ1) is 9.76. The summed E-state index contributed by atoms with van der Waals surface area (Å²) in [6, 6.07) is 12.2. The van der Waals surface area contributed by atoms with Crippen LogP contribution in [0.2, 0.25) is 0 Å². The Kier molecular flexibility index (Phi) is 5.35. The van der Waals surface area contributed by atoms with E-state index in [1.54, 1.807) is 14.2 Å². The molecule has 0 fully saturated rings. The van der Waals surface area contributed by atoms with Crippen molar-refractivity contribution in [2.45, 2.75) is 12.6 Å². The van der Waals surface area contributed by atoms with Crippen LogP contribution in [0.25, 0.3) is 10.8 Å². The lowest BCUT2D eigenvalue weighted by atomic mass is 10.0. The summed E-state index contributed by atoms with van der Waals surface area (Å²) in [6.45, 7) is 1.46. The van der Waals surface area contributed by atoms with Crippen molar-refractivity contribution >= 4 is 10.8 Å². The second-order valence-corrected chi connectivity index (χ2v) is 4.71. The number of fused-ring (bicyclic) bond motifs is 1. The third kappa shape index (κ3) is 3.48. The van der Waals surface area contributed by atoms with Crippen LogP contribution in [-0.4, -0.2) is 38.6 Å². The van der Waals surface area contributed by atoms with Gasteiger partial charge in [0.15, 0.2) is 0 Å². The molecular formula is C16H21NO3. The molecule has 0 bridgehead atoms. The number of rotatable bonds is 7. The zero-order valence-electron chi connectivity index (χ0n) is 11.9. The number of hydrogen-bond donors (Lipinski definition) is 2. The van der Waals surface area contributed by atoms with Gasteiger partial charge in [-0.3, -0.25) is 0 Å². The van der Waals surface area contributed by atoms with Crippen LogP contribution >= 0.6 is 0 Å². The Hall–Kier alpha value is -1.62. The van der Waals surface area contributed by atoms with Crippen molar-refractivity contribution in [1.29, 1.82) is 0 Å². The maximum Gasteiger partial charge on any atom is 0.123 e. The first-order valence-electron chi connectivity index (χ1n) is 6.68. The van der Waals surface area contributed by atoms with Gasteiger partial charge in [0.25, 0.3) is 0 Å². The molecule has 0 heterocycles. The maximum atomic E-state index is 9.65. The first-order valence-corrected chi connectivity index (χ1v) is 6.68. The van der Waals surface area contributed by atoms with Gasteiger partial charge in [0.05, 0.1) is 19.8 Å². The molecule has 0 amide bonds. The van der Waals surface area contributed by atoms with Crippen molar-refractivity contribution in [3.05, 3.63) is 42.0 Å². The quantitative estimate of drug-likeness (QED) is 0.811. The monoisotopic (exact) mass is 275 g/mol. The molecule has 2 rings (SSSR count). The summed E-state index contributed by atoms with van der Waals surface area (Å²) in [5, 5.41) is 15.2. The lowest BCUT2D eigenvalue weighted by molar-refractivity contribution is 0.0644. The van der Waals surface area contributed by atoms with Gasteiger partial charge in [-0.25, -0.2) is 0 Å². The fraction of sp³-hybridized carbons (Fsp3) is 0.375. The topological polar surface area (TPSA) is 50.7 Å². The average Bonchev–Trinajstić information content (AvgIpc) is 2.47. The van der Waals surface area contributed by atoms with E-state index in [4.69, 9.17) is 9.47 Å². The molecule has 20 heavy (non-hydrogen) atoms. The largest absolute Gasteiger partial charge is 0.496 e. The van der Waals surface area contributed by atoms with Gasteiger partial charge in [-0.2, -0.15) is 0 Å². The molecule has 0 aliphatic rings. The van der Waals surface area contributed by atoms with E-state index >= 15 is 0 Å². The van der Waals surface area contributed by atoms with Crippen molar-refractivity contribution in [2.75, 3.05) is 27.4 Å². The van der Waals surface area contributed by atoms with Crippen molar-refractivity contribution in [2.24, 2.45) is 0 Å². The minimum Gasteiger partial charge on any atom is -0.496 e. The van der Waals surface area contributed by atoms with E-state index in [2.05, 4.69) is 23.5 Å². The Morgan fingerprint density at radius 3 is 2.70 bits per heavy atom. The molecule has 0 aromatic heterocycles. The molecular weight excluding hydrogens is 254 g/mol. The highest BCUT2D eigenvalue weighted by molar-refractivity contribution is 5.87. The van der Waals surface area contributed by atoms with Crippen LogP contribution in [0.1, 0.15) is 5.56 Å². The van der Waals surface area contributed by atoms with E-state index in [1.165, 1.54) is 10.8 Å². The third-order valence-corrected chi connectivity index (χ3v) is 3.26. The Morgan fingerprint density at radius 2 is 1.95 bits per heavy atom. The number of benzene rings is 2. The highest BCUT2D eigenvalue weighted by atomic mass is 16.5. The highest BCUT2D eigenvalue weighted by Gasteiger charge is 2.09. The van der Waals surface area contributed by atoms with Crippen molar-refractivity contribution in [3.63, 3.8) is 0 Å². The van der Waals surface area contributed by atoms with Gasteiger partial charge in [-0.1, -0.05) is 30.3 Å². The van der Waals surface area contributed by atoms with Gasteiger partial charge in [-0.05, 0) is 16.8 Å². The van der Waals surface area contributed by atoms with E-state index < -0.39 is 6.10 Å². The van der Waals surface area contributed by atoms with Gasteiger partial charge in [0.2, 0.25) is 0 Å². The van der Waals surface area contributed by atoms with E-state index in [0.29, 0.717) is 19.7 Å². The Morgan fingerprint density at radius 1 is 1.15 bits per heavy atom. The molecule has 0 spiro atoms. The molecule has 0 saturated carbocycles. The first kappa shape index (κ1) is 14.8. The number of hydrogen-bond acceptors (Lipinski definition) is 4. The molecule has 108 valence electrons. The van der Waals surface area contributed by atoms with Crippen LogP contribution < -0.4 is 10.1 Å². The van der Waals surface area contributed by atoms with Crippen molar-refractivity contribution < 1.29 is 14.6 Å². The van der Waals surface area contributed by atoms with Crippen LogP contribution in [0.4, 0.5) is 0 Å². The van der Waals surface area contributed by atoms with E-state index in [9.17, 15) is 5.11 Å². The van der Waals surface area contributed by atoms with E-state index in [1.807, 2.05) is 18.2 Å². The Labute approximate surface area is 119 Å². The van der Waals surface area contributed by atoms with Crippen molar-refractivity contribution in [1.82, 2.24) is 5.32 Å². The molecule has 0 saturated heterocycles. The number of aliphatic hydroxyl groups excluding tert-OH is 1. The second-order valence-electron chi connectivity index (χ2n) is 4.71. The van der Waals surface area contributed by atoms with Gasteiger partial charge < -0.3 is 19.9 Å². The lowest BCUT2D eigenvalue weighted by Gasteiger charge is -2.15. The van der Waals surface area contributed by atoms with E-state index in [-0.39, 0.29) is 0 Å².